The minimum Gasteiger partial charge on any atom is -0.0776 e. The minimum atomic E-state index is 0. The molecule has 3 radical (unpaired) electrons. The van der Waals surface area contributed by atoms with Crippen LogP contribution < -0.4 is 0 Å². The smallest absolute Gasteiger partial charge is 0 e. The largest absolute Gasteiger partial charge is 0.0776 e. The molecule has 1 heteroatoms. The van der Waals surface area contributed by atoms with Gasteiger partial charge in [0.25, 0.3) is 0 Å². The zero-order valence-electron chi connectivity index (χ0n) is 45.1. The Morgan fingerprint density at radius 2 is 0.424 bits per heavy atom. The fraction of sp³-hybridized carbons (Fsp3) is 0.690. The summed E-state index contributed by atoms with van der Waals surface area (Å²) in [6, 6.07) is 28.0. The Kier molecular flexibility index (Phi) is 157. The fourth-order valence-corrected chi connectivity index (χ4v) is 3.08. The molecular weight excluding hydrogens is 707 g/mol. The molecule has 0 aliphatic rings. The molecule has 0 spiro atoms. The third kappa shape index (κ3) is 92.4. The maximum Gasteiger partial charge on any atom is 0 e. The molecule has 0 atom stereocenters. The Morgan fingerprint density at radius 1 is 0.271 bits per heavy atom. The van der Waals surface area contributed by atoms with Crippen LogP contribution in [0.2, 0.25) is 0 Å². The third-order valence-corrected chi connectivity index (χ3v) is 3.98. The summed E-state index contributed by atoms with van der Waals surface area (Å²) in [5.41, 5.74) is 7.71. The number of rotatable bonds is 2. The van der Waals surface area contributed by atoms with Gasteiger partial charge in [-0.1, -0.05) is 337 Å². The van der Waals surface area contributed by atoms with Crippen molar-refractivity contribution in [3.05, 3.63) is 84.4 Å². The van der Waals surface area contributed by atoms with Crippen LogP contribution in [-0.2, 0) is 5.41 Å². The molecule has 0 saturated heterocycles. The third-order valence-electron chi connectivity index (χ3n) is 3.98. The molecule has 0 nitrogen and oxygen atoms in total. The van der Waals surface area contributed by atoms with Crippen LogP contribution in [0.25, 0.3) is 22.3 Å². The van der Waals surface area contributed by atoms with E-state index in [0.29, 0.717) is 10.8 Å². The van der Waals surface area contributed by atoms with Crippen molar-refractivity contribution >= 4 is 8.41 Å². The SMILES string of the molecule is C.C.C.C.CC.CC.CC.CC.CC.CC.CC.CC.CC.CC.CC.CC(C)(C)C.CC(C)(C)C.CC(C)(C)c1c(-c2ccccc2)cccc1-c1ccccc1.[2HH].[B]. The van der Waals surface area contributed by atoms with E-state index in [4.69, 9.17) is 0 Å². The molecule has 59 heavy (non-hydrogen) atoms. The van der Waals surface area contributed by atoms with Crippen molar-refractivity contribution < 1.29 is 1.43 Å². The van der Waals surface area contributed by atoms with Gasteiger partial charge in [-0.25, -0.2) is 0 Å². The Labute approximate surface area is 389 Å². The number of benzene rings is 3. The second kappa shape index (κ2) is 87.3. The van der Waals surface area contributed by atoms with E-state index in [-0.39, 0.29) is 45.0 Å². The standard InChI is InChI=1S/C22H22.2C5H12.11C2H6.4CH4.B.H2/c1-22(2,3)21-19(17-11-6-4-7-12-17)15-10-16-20(21)18-13-8-5-9-14-18;2*1-5(2,3)4;11*1-2;;;;;;/h4-16H,1-3H3;2*1-4H3;11*1-2H3;4*1H4;;1H/i;;;;;;;;;;;;;;;;;;;1+1. The van der Waals surface area contributed by atoms with Crippen LogP contribution >= 0.6 is 0 Å². The lowest BCUT2D eigenvalue weighted by Crippen LogP contribution is -2.14. The molecule has 0 aliphatic carbocycles. The van der Waals surface area contributed by atoms with Crippen molar-refractivity contribution in [2.75, 3.05) is 0 Å². The van der Waals surface area contributed by atoms with E-state index >= 15 is 0 Å². The van der Waals surface area contributed by atoms with Crippen LogP contribution in [-0.4, -0.2) is 8.41 Å². The Balaban J connectivity index is -0.0000000277. The predicted molar refractivity (Wildman–Crippen MR) is 306 cm³/mol. The van der Waals surface area contributed by atoms with E-state index in [1.165, 1.54) is 27.8 Å². The van der Waals surface area contributed by atoms with E-state index in [1.807, 2.05) is 152 Å². The summed E-state index contributed by atoms with van der Waals surface area (Å²) in [5.74, 6) is 0. The molecule has 0 bridgehead atoms. The molecule has 0 unspecified atom stereocenters. The van der Waals surface area contributed by atoms with E-state index in [0.717, 1.165) is 0 Å². The van der Waals surface area contributed by atoms with Crippen LogP contribution in [0.5, 0.6) is 0 Å². The first-order valence-corrected chi connectivity index (χ1v) is 22.8. The molecule has 0 aromatic heterocycles. The maximum absolute atomic E-state index is 2.29. The Morgan fingerprint density at radius 3 is 0.559 bits per heavy atom. The molecule has 0 amide bonds. The van der Waals surface area contributed by atoms with Gasteiger partial charge in [-0.3, -0.25) is 0 Å². The first kappa shape index (κ1) is 106. The van der Waals surface area contributed by atoms with Gasteiger partial charge in [0.1, 0.15) is 0 Å². The lowest BCUT2D eigenvalue weighted by atomic mass is 9.77. The fourth-order valence-electron chi connectivity index (χ4n) is 3.08. The molecule has 0 fully saturated rings. The van der Waals surface area contributed by atoms with Gasteiger partial charge in [0, 0.05) is 9.84 Å². The summed E-state index contributed by atoms with van der Waals surface area (Å²) >= 11 is 0. The molecule has 3 aromatic carbocycles. The average molecular weight is 839 g/mol. The minimum absolute atomic E-state index is 0. The Hall–Kier alpha value is -2.28. The van der Waals surface area contributed by atoms with Gasteiger partial charge in [0.15, 0.2) is 0 Å². The molecule has 0 saturated carbocycles. The highest BCUT2D eigenvalue weighted by Crippen LogP contribution is 2.40. The van der Waals surface area contributed by atoms with Gasteiger partial charge in [-0.15, -0.1) is 0 Å². The van der Waals surface area contributed by atoms with E-state index in [2.05, 4.69) is 155 Å². The molecule has 0 heterocycles. The molecule has 3 rings (SSSR count). The molecule has 3 aromatic rings. The zero-order valence-corrected chi connectivity index (χ0v) is 45.1. The summed E-state index contributed by atoms with van der Waals surface area (Å²) in [6.07, 6.45) is 0. The summed E-state index contributed by atoms with van der Waals surface area (Å²) in [7, 11) is 0. The topological polar surface area (TPSA) is 0 Å². The molecule has 0 N–H and O–H groups in total. The van der Waals surface area contributed by atoms with Gasteiger partial charge in [-0.2, -0.15) is 0 Å². The van der Waals surface area contributed by atoms with Gasteiger partial charge < -0.3 is 0 Å². The Bertz CT molecular complexity index is 845. The highest BCUT2D eigenvalue weighted by atomic mass is 14.3. The molecular formula is C58H130B. The van der Waals surface area contributed by atoms with Crippen molar-refractivity contribution in [3.63, 3.8) is 0 Å². The maximum atomic E-state index is 2.29. The average Bonchev–Trinajstić information content (AvgIpc) is 3.22. The number of hydrogen-bond donors (Lipinski definition) is 0. The second-order valence-electron chi connectivity index (χ2n) is 12.7. The molecule has 0 aliphatic heterocycles. The lowest BCUT2D eigenvalue weighted by molar-refractivity contribution is 0.469. The predicted octanol–water partition coefficient (Wildman–Crippen LogP) is 24.1. The van der Waals surface area contributed by atoms with Crippen LogP contribution in [0.3, 0.4) is 0 Å². The van der Waals surface area contributed by atoms with E-state index in [9.17, 15) is 0 Å². The lowest BCUT2D eigenvalue weighted by Gasteiger charge is -2.27. The second-order valence-corrected chi connectivity index (χ2v) is 12.7. The first-order valence-electron chi connectivity index (χ1n) is 22.8. The van der Waals surface area contributed by atoms with Gasteiger partial charge >= 0.3 is 0 Å². The van der Waals surface area contributed by atoms with Crippen LogP contribution in [0, 0.1) is 10.8 Å². The quantitative estimate of drug-likeness (QED) is 0.226. The normalized spacial score (nSPS) is 7.41. The van der Waals surface area contributed by atoms with Gasteiger partial charge in [0.05, 0.1) is 0 Å². The van der Waals surface area contributed by atoms with Crippen molar-refractivity contribution in [1.82, 2.24) is 0 Å². The summed E-state index contributed by atoms with van der Waals surface area (Å²) in [6.45, 7) is 68.4. The van der Waals surface area contributed by atoms with Crippen LogP contribution in [0.15, 0.2) is 78.9 Å². The summed E-state index contributed by atoms with van der Waals surface area (Å²) in [4.78, 5) is 0. The van der Waals surface area contributed by atoms with Crippen molar-refractivity contribution in [1.29, 1.82) is 0 Å². The van der Waals surface area contributed by atoms with Gasteiger partial charge in [-0.05, 0) is 44.1 Å². The first-order chi connectivity index (χ1) is 25.6. The number of hydrogen-bond acceptors (Lipinski definition) is 0. The monoisotopic (exact) mass is 839 g/mol. The highest BCUT2D eigenvalue weighted by Gasteiger charge is 2.23. The summed E-state index contributed by atoms with van der Waals surface area (Å²) < 4.78 is 0. The van der Waals surface area contributed by atoms with Crippen molar-refractivity contribution in [3.8, 4) is 22.3 Å². The van der Waals surface area contributed by atoms with E-state index in [1.54, 1.807) is 0 Å². The van der Waals surface area contributed by atoms with Gasteiger partial charge in [0.2, 0.25) is 0 Å². The van der Waals surface area contributed by atoms with E-state index < -0.39 is 0 Å². The van der Waals surface area contributed by atoms with Crippen molar-refractivity contribution in [2.45, 2.75) is 264 Å². The van der Waals surface area contributed by atoms with Crippen LogP contribution in [0.1, 0.15) is 265 Å². The zero-order chi connectivity index (χ0) is 46.6. The highest BCUT2D eigenvalue weighted by molar-refractivity contribution is 5.80. The molecule has 365 valence electrons. The van der Waals surface area contributed by atoms with Crippen molar-refractivity contribution in [2.24, 2.45) is 10.8 Å². The van der Waals surface area contributed by atoms with Crippen LogP contribution in [0.4, 0.5) is 0 Å². The summed E-state index contributed by atoms with van der Waals surface area (Å²) in [5, 5.41) is 0.